The third-order valence-electron chi connectivity index (χ3n) is 4.56. The third kappa shape index (κ3) is 4.47. The number of aryl methyl sites for hydroxylation is 2. The standard InChI is InChI=1S/C21H23NO3S/c1-15(21(24)22(2)18-9-4-3-5-10-18)25-20(23)14-26-19-12-11-16-7-6-8-17(16)13-19/h3-5,9-13,15H,6-8,14H2,1-2H3. The summed E-state index contributed by atoms with van der Waals surface area (Å²) in [6, 6.07) is 15.7. The molecule has 5 heteroatoms. The highest BCUT2D eigenvalue weighted by Crippen LogP contribution is 2.27. The molecule has 1 atom stereocenters. The number of hydrogen-bond donors (Lipinski definition) is 0. The van der Waals surface area contributed by atoms with Gasteiger partial charge in [-0.05, 0) is 61.6 Å². The third-order valence-corrected chi connectivity index (χ3v) is 5.52. The van der Waals surface area contributed by atoms with Crippen LogP contribution in [-0.2, 0) is 27.2 Å². The molecule has 1 aliphatic carbocycles. The van der Waals surface area contributed by atoms with Gasteiger partial charge in [0.15, 0.2) is 6.10 Å². The first-order valence-electron chi connectivity index (χ1n) is 8.81. The summed E-state index contributed by atoms with van der Waals surface area (Å²) in [5.41, 5.74) is 3.57. The molecule has 1 aliphatic rings. The van der Waals surface area contributed by atoms with Crippen molar-refractivity contribution in [1.29, 1.82) is 0 Å². The Morgan fingerprint density at radius 2 is 1.85 bits per heavy atom. The molecule has 3 rings (SSSR count). The molecule has 26 heavy (non-hydrogen) atoms. The van der Waals surface area contributed by atoms with E-state index in [2.05, 4.69) is 18.2 Å². The van der Waals surface area contributed by atoms with Gasteiger partial charge in [0.2, 0.25) is 0 Å². The van der Waals surface area contributed by atoms with Crippen molar-refractivity contribution in [3.8, 4) is 0 Å². The fourth-order valence-corrected chi connectivity index (χ4v) is 3.86. The van der Waals surface area contributed by atoms with Gasteiger partial charge in [0.1, 0.15) is 0 Å². The van der Waals surface area contributed by atoms with Crippen LogP contribution in [0.3, 0.4) is 0 Å². The first-order chi connectivity index (χ1) is 12.5. The monoisotopic (exact) mass is 369 g/mol. The number of likely N-dealkylation sites (N-methyl/N-ethyl adjacent to an activating group) is 1. The van der Waals surface area contributed by atoms with Crippen molar-refractivity contribution in [3.63, 3.8) is 0 Å². The molecule has 0 N–H and O–H groups in total. The molecule has 136 valence electrons. The number of thioether (sulfide) groups is 1. The van der Waals surface area contributed by atoms with Gasteiger partial charge in [-0.1, -0.05) is 24.3 Å². The first-order valence-corrected chi connectivity index (χ1v) is 9.80. The summed E-state index contributed by atoms with van der Waals surface area (Å²) in [4.78, 5) is 27.1. The molecular formula is C21H23NO3S. The molecule has 0 bridgehead atoms. The van der Waals surface area contributed by atoms with Gasteiger partial charge in [0.25, 0.3) is 5.91 Å². The number of fused-ring (bicyclic) bond motifs is 1. The summed E-state index contributed by atoms with van der Waals surface area (Å²) in [6.45, 7) is 1.61. The lowest BCUT2D eigenvalue weighted by atomic mass is 10.1. The van der Waals surface area contributed by atoms with E-state index in [0.717, 1.165) is 23.4 Å². The van der Waals surface area contributed by atoms with E-state index >= 15 is 0 Å². The Bertz CT molecular complexity index is 791. The molecule has 0 saturated carbocycles. The number of esters is 1. The van der Waals surface area contributed by atoms with Crippen molar-refractivity contribution in [2.45, 2.75) is 37.2 Å². The Morgan fingerprint density at radius 1 is 1.12 bits per heavy atom. The number of benzene rings is 2. The minimum absolute atomic E-state index is 0.200. The van der Waals surface area contributed by atoms with Gasteiger partial charge in [-0.15, -0.1) is 11.8 Å². The smallest absolute Gasteiger partial charge is 0.317 e. The van der Waals surface area contributed by atoms with Crippen LogP contribution >= 0.6 is 11.8 Å². The number of rotatable bonds is 6. The number of carbonyl (C=O) groups excluding carboxylic acids is 2. The minimum Gasteiger partial charge on any atom is -0.452 e. The maximum Gasteiger partial charge on any atom is 0.317 e. The lowest BCUT2D eigenvalue weighted by Gasteiger charge is -2.21. The molecule has 0 aliphatic heterocycles. The van der Waals surface area contributed by atoms with Crippen LogP contribution in [0.5, 0.6) is 0 Å². The average Bonchev–Trinajstić information content (AvgIpc) is 3.13. The normalized spacial score (nSPS) is 13.8. The van der Waals surface area contributed by atoms with E-state index < -0.39 is 6.10 Å². The van der Waals surface area contributed by atoms with E-state index in [9.17, 15) is 9.59 Å². The van der Waals surface area contributed by atoms with Crippen molar-refractivity contribution >= 4 is 29.3 Å². The Labute approximate surface area is 158 Å². The zero-order chi connectivity index (χ0) is 18.5. The quantitative estimate of drug-likeness (QED) is 0.573. The Morgan fingerprint density at radius 3 is 2.62 bits per heavy atom. The Balaban J connectivity index is 1.50. The first kappa shape index (κ1) is 18.5. The highest BCUT2D eigenvalue weighted by molar-refractivity contribution is 8.00. The average molecular weight is 369 g/mol. The largest absolute Gasteiger partial charge is 0.452 e. The van der Waals surface area contributed by atoms with Crippen LogP contribution < -0.4 is 4.90 Å². The van der Waals surface area contributed by atoms with Crippen LogP contribution in [0, 0.1) is 0 Å². The van der Waals surface area contributed by atoms with E-state index in [0.29, 0.717) is 0 Å². The van der Waals surface area contributed by atoms with E-state index in [1.54, 1.807) is 14.0 Å². The molecule has 0 saturated heterocycles. The van der Waals surface area contributed by atoms with Crippen LogP contribution in [0.1, 0.15) is 24.5 Å². The minimum atomic E-state index is -0.812. The molecule has 0 heterocycles. The predicted octanol–water partition coefficient (Wildman–Crippen LogP) is 3.86. The van der Waals surface area contributed by atoms with Gasteiger partial charge < -0.3 is 9.64 Å². The topological polar surface area (TPSA) is 46.6 Å². The summed E-state index contributed by atoms with van der Waals surface area (Å²) in [5, 5.41) is 0. The lowest BCUT2D eigenvalue weighted by molar-refractivity contribution is -0.151. The zero-order valence-corrected chi connectivity index (χ0v) is 15.9. The molecule has 2 aromatic carbocycles. The van der Waals surface area contributed by atoms with Crippen LogP contribution in [-0.4, -0.2) is 30.8 Å². The number of carbonyl (C=O) groups is 2. The van der Waals surface area contributed by atoms with Gasteiger partial charge in [-0.25, -0.2) is 0 Å². The molecule has 0 radical (unpaired) electrons. The number of nitrogens with zero attached hydrogens (tertiary/aromatic N) is 1. The number of amides is 1. The fourth-order valence-electron chi connectivity index (χ4n) is 3.11. The number of ether oxygens (including phenoxy) is 1. The highest BCUT2D eigenvalue weighted by atomic mass is 32.2. The SMILES string of the molecule is CC(OC(=O)CSc1ccc2c(c1)CCC2)C(=O)N(C)c1ccccc1. The fraction of sp³-hybridized carbons (Fsp3) is 0.333. The molecule has 4 nitrogen and oxygen atoms in total. The Hall–Kier alpha value is -2.27. The Kier molecular flexibility index (Phi) is 5.99. The maximum absolute atomic E-state index is 12.4. The summed E-state index contributed by atoms with van der Waals surface area (Å²) in [7, 11) is 1.68. The maximum atomic E-state index is 12.4. The van der Waals surface area contributed by atoms with E-state index in [1.807, 2.05) is 30.3 Å². The second-order valence-corrected chi connectivity index (χ2v) is 7.49. The highest BCUT2D eigenvalue weighted by Gasteiger charge is 2.22. The van der Waals surface area contributed by atoms with Crippen LogP contribution in [0.2, 0.25) is 0 Å². The van der Waals surface area contributed by atoms with Crippen molar-refractivity contribution in [2.24, 2.45) is 0 Å². The number of anilines is 1. The number of para-hydroxylation sites is 1. The van der Waals surface area contributed by atoms with Crippen LogP contribution in [0.15, 0.2) is 53.4 Å². The lowest BCUT2D eigenvalue weighted by Crippen LogP contribution is -2.37. The molecule has 1 unspecified atom stereocenters. The van der Waals surface area contributed by atoms with Crippen molar-refractivity contribution in [1.82, 2.24) is 0 Å². The second-order valence-electron chi connectivity index (χ2n) is 6.44. The zero-order valence-electron chi connectivity index (χ0n) is 15.1. The second kappa shape index (κ2) is 8.41. The molecule has 1 amide bonds. The van der Waals surface area contributed by atoms with Crippen molar-refractivity contribution < 1.29 is 14.3 Å². The van der Waals surface area contributed by atoms with Gasteiger partial charge in [-0.2, -0.15) is 0 Å². The van der Waals surface area contributed by atoms with Crippen LogP contribution in [0.25, 0.3) is 0 Å². The van der Waals surface area contributed by atoms with Gasteiger partial charge >= 0.3 is 5.97 Å². The van der Waals surface area contributed by atoms with Crippen molar-refractivity contribution in [3.05, 3.63) is 59.7 Å². The summed E-state index contributed by atoms with van der Waals surface area (Å²) in [6.07, 6.45) is 2.66. The molecule has 0 spiro atoms. The number of hydrogen-bond acceptors (Lipinski definition) is 4. The summed E-state index contributed by atoms with van der Waals surface area (Å²) < 4.78 is 5.32. The summed E-state index contributed by atoms with van der Waals surface area (Å²) >= 11 is 1.45. The molecule has 2 aromatic rings. The van der Waals surface area contributed by atoms with Gasteiger partial charge in [-0.3, -0.25) is 9.59 Å². The van der Waals surface area contributed by atoms with Crippen molar-refractivity contribution in [2.75, 3.05) is 17.7 Å². The van der Waals surface area contributed by atoms with E-state index in [4.69, 9.17) is 4.74 Å². The van der Waals surface area contributed by atoms with E-state index in [-0.39, 0.29) is 17.6 Å². The molecule has 0 fully saturated rings. The molecular weight excluding hydrogens is 346 g/mol. The molecule has 0 aromatic heterocycles. The summed E-state index contributed by atoms with van der Waals surface area (Å²) in [5.74, 6) is -0.421. The van der Waals surface area contributed by atoms with Crippen LogP contribution in [0.4, 0.5) is 5.69 Å². The van der Waals surface area contributed by atoms with Gasteiger partial charge in [0, 0.05) is 17.6 Å². The predicted molar refractivity (Wildman–Crippen MR) is 105 cm³/mol. The van der Waals surface area contributed by atoms with Gasteiger partial charge in [0.05, 0.1) is 5.75 Å². The van der Waals surface area contributed by atoms with E-state index in [1.165, 1.54) is 34.2 Å².